The molecule has 2 nitrogen and oxygen atoms in total. The molecule has 137 valence electrons. The second-order valence-electron chi connectivity index (χ2n) is 7.46. The van der Waals surface area contributed by atoms with Gasteiger partial charge in [0.25, 0.3) is 0 Å². The maximum Gasteiger partial charge on any atom is 0.569 e. The van der Waals surface area contributed by atoms with E-state index in [9.17, 15) is 5.02 Å². The Bertz CT molecular complexity index is 1250. The second-order valence-corrected chi connectivity index (χ2v) is 7.90. The maximum absolute atomic E-state index is 9.19. The van der Waals surface area contributed by atoms with Crippen LogP contribution in [0.2, 0.25) is 5.02 Å². The minimum absolute atomic E-state index is 0.461. The van der Waals surface area contributed by atoms with Crippen molar-refractivity contribution in [1.82, 2.24) is 0 Å². The molecule has 0 aliphatic heterocycles. The van der Waals surface area contributed by atoms with E-state index in [1.165, 1.54) is 33.4 Å². The molecule has 0 fully saturated rings. The molecular formula is C25H15BClO2. The summed E-state index contributed by atoms with van der Waals surface area (Å²) in [4.78, 5) is 0. The highest BCUT2D eigenvalue weighted by Crippen LogP contribution is 2.63. The van der Waals surface area contributed by atoms with Gasteiger partial charge >= 0.3 is 7.69 Å². The lowest BCUT2D eigenvalue weighted by Gasteiger charge is -2.30. The molecule has 0 saturated carbocycles. The van der Waals surface area contributed by atoms with Gasteiger partial charge in [0.1, 0.15) is 5.75 Å². The summed E-state index contributed by atoms with van der Waals surface area (Å²) in [5, 5.41) is 9.91. The molecule has 1 N–H and O–H groups in total. The zero-order valence-electron chi connectivity index (χ0n) is 15.4. The van der Waals surface area contributed by atoms with Crippen LogP contribution in [0, 0.1) is 0 Å². The first-order valence-corrected chi connectivity index (χ1v) is 9.90. The van der Waals surface area contributed by atoms with E-state index in [4.69, 9.17) is 16.3 Å². The van der Waals surface area contributed by atoms with Crippen molar-refractivity contribution in [3.8, 4) is 28.0 Å². The van der Waals surface area contributed by atoms with Crippen LogP contribution in [-0.2, 0) is 5.41 Å². The third-order valence-corrected chi connectivity index (χ3v) is 6.45. The molecule has 0 unspecified atom stereocenters. The quantitative estimate of drug-likeness (QED) is 0.389. The van der Waals surface area contributed by atoms with Crippen LogP contribution in [0.15, 0.2) is 84.9 Å². The monoisotopic (exact) mass is 393 g/mol. The number of fused-ring (bicyclic) bond motifs is 10. The smallest absolute Gasteiger partial charge is 0.537 e. The summed E-state index contributed by atoms with van der Waals surface area (Å²) in [6.07, 6.45) is 0. The molecule has 4 aromatic carbocycles. The van der Waals surface area contributed by atoms with Crippen LogP contribution in [0.5, 0.6) is 5.75 Å². The topological polar surface area (TPSA) is 29.5 Å². The number of rotatable bonds is 2. The van der Waals surface area contributed by atoms with Crippen LogP contribution in [0.4, 0.5) is 0 Å². The van der Waals surface area contributed by atoms with Crippen LogP contribution < -0.4 is 4.65 Å². The summed E-state index contributed by atoms with van der Waals surface area (Å²) < 4.78 is 5.34. The minimum atomic E-state index is -0.461. The lowest BCUT2D eigenvalue weighted by molar-refractivity contribution is 0.453. The second kappa shape index (κ2) is 5.99. The maximum atomic E-state index is 9.19. The Kier molecular flexibility index (Phi) is 3.49. The molecule has 4 aromatic rings. The first-order valence-electron chi connectivity index (χ1n) is 9.52. The summed E-state index contributed by atoms with van der Waals surface area (Å²) in [5.41, 5.74) is 9.17. The molecule has 1 radical (unpaired) electrons. The van der Waals surface area contributed by atoms with Crippen molar-refractivity contribution in [2.75, 3.05) is 0 Å². The highest BCUT2D eigenvalue weighted by molar-refractivity contribution is 6.30. The molecule has 2 aliphatic carbocycles. The number of hydrogen-bond donors (Lipinski definition) is 1. The largest absolute Gasteiger partial charge is 0.569 e. The summed E-state index contributed by atoms with van der Waals surface area (Å²) >= 11 is 6.50. The van der Waals surface area contributed by atoms with Crippen LogP contribution in [0.1, 0.15) is 22.3 Å². The van der Waals surface area contributed by atoms with Crippen LogP contribution >= 0.6 is 11.6 Å². The van der Waals surface area contributed by atoms with E-state index in [0.717, 1.165) is 23.8 Å². The summed E-state index contributed by atoms with van der Waals surface area (Å²) in [6, 6.07) is 29.3. The third-order valence-electron chi connectivity index (χ3n) is 6.21. The average Bonchev–Trinajstić information content (AvgIpc) is 3.21. The predicted molar refractivity (Wildman–Crippen MR) is 116 cm³/mol. The Balaban J connectivity index is 1.81. The van der Waals surface area contributed by atoms with Gasteiger partial charge in [-0.3, -0.25) is 0 Å². The Morgan fingerprint density at radius 1 is 0.655 bits per heavy atom. The molecule has 0 heterocycles. The van der Waals surface area contributed by atoms with E-state index in [1.54, 1.807) is 0 Å². The highest BCUT2D eigenvalue weighted by Gasteiger charge is 2.51. The molecular weight excluding hydrogens is 379 g/mol. The van der Waals surface area contributed by atoms with Crippen molar-refractivity contribution < 1.29 is 9.68 Å². The fraction of sp³-hybridized carbons (Fsp3) is 0.0400. The first-order chi connectivity index (χ1) is 14.2. The zero-order valence-corrected chi connectivity index (χ0v) is 16.1. The van der Waals surface area contributed by atoms with Crippen molar-refractivity contribution in [3.05, 3.63) is 112 Å². The van der Waals surface area contributed by atoms with E-state index in [0.29, 0.717) is 5.75 Å². The Hall–Kier alpha value is -3.01. The van der Waals surface area contributed by atoms with E-state index < -0.39 is 5.41 Å². The van der Waals surface area contributed by atoms with E-state index in [-0.39, 0.29) is 0 Å². The van der Waals surface area contributed by atoms with Crippen LogP contribution in [0.25, 0.3) is 22.3 Å². The Morgan fingerprint density at radius 3 is 1.86 bits per heavy atom. The van der Waals surface area contributed by atoms with Gasteiger partial charge in [-0.1, -0.05) is 72.3 Å². The van der Waals surface area contributed by atoms with Crippen molar-refractivity contribution in [2.24, 2.45) is 0 Å². The number of benzene rings is 4. The van der Waals surface area contributed by atoms with Gasteiger partial charge in [-0.25, -0.2) is 0 Å². The summed E-state index contributed by atoms with van der Waals surface area (Å²) in [5.74, 6) is 0.603. The molecule has 0 aromatic heterocycles. The molecule has 2 aliphatic rings. The fourth-order valence-corrected chi connectivity index (χ4v) is 5.40. The van der Waals surface area contributed by atoms with Crippen molar-refractivity contribution in [2.45, 2.75) is 5.41 Å². The van der Waals surface area contributed by atoms with Gasteiger partial charge in [-0.05, 0) is 68.8 Å². The van der Waals surface area contributed by atoms with E-state index in [2.05, 4.69) is 66.7 Å². The van der Waals surface area contributed by atoms with Crippen molar-refractivity contribution in [1.29, 1.82) is 0 Å². The minimum Gasteiger partial charge on any atom is -0.537 e. The molecule has 1 spiro atoms. The van der Waals surface area contributed by atoms with E-state index >= 15 is 0 Å². The summed E-state index contributed by atoms with van der Waals surface area (Å²) in [6.45, 7) is 0. The van der Waals surface area contributed by atoms with E-state index in [1.807, 2.05) is 18.2 Å². The standard InChI is InChI=1S/C25H15BClO2/c27-15-9-11-19-20-12-10-16(29-26-28)14-24(20)25(23(19)13-15)21-7-3-1-5-17(21)18-6-2-4-8-22(18)25/h1-14,28H. The highest BCUT2D eigenvalue weighted by atomic mass is 35.5. The number of hydrogen-bond acceptors (Lipinski definition) is 2. The van der Waals surface area contributed by atoms with Crippen molar-refractivity contribution in [3.63, 3.8) is 0 Å². The Morgan fingerprint density at radius 2 is 1.21 bits per heavy atom. The SMILES string of the molecule is O[B]Oc1ccc2c(c1)C1(c3ccccc3-c3ccccc31)c1cc(Cl)ccc1-2. The van der Waals surface area contributed by atoms with Crippen LogP contribution in [0.3, 0.4) is 0 Å². The molecule has 0 atom stereocenters. The molecule has 29 heavy (non-hydrogen) atoms. The lowest BCUT2D eigenvalue weighted by atomic mass is 9.70. The fourth-order valence-electron chi connectivity index (χ4n) is 5.22. The molecule has 0 bridgehead atoms. The normalized spacial score (nSPS) is 14.1. The Labute approximate surface area is 174 Å². The zero-order chi connectivity index (χ0) is 19.6. The third kappa shape index (κ3) is 2.07. The average molecular weight is 394 g/mol. The molecule has 4 heteroatoms. The molecule has 6 rings (SSSR count). The van der Waals surface area contributed by atoms with Gasteiger partial charge in [-0.15, -0.1) is 0 Å². The summed E-state index contributed by atoms with van der Waals surface area (Å²) in [7, 11) is 0.726. The molecule has 0 saturated heterocycles. The van der Waals surface area contributed by atoms with Crippen LogP contribution in [-0.4, -0.2) is 12.7 Å². The van der Waals surface area contributed by atoms with Gasteiger partial charge in [-0.2, -0.15) is 0 Å². The number of halogens is 1. The first kappa shape index (κ1) is 16.9. The van der Waals surface area contributed by atoms with Gasteiger partial charge in [0.05, 0.1) is 5.41 Å². The van der Waals surface area contributed by atoms with Gasteiger partial charge in [0.2, 0.25) is 0 Å². The van der Waals surface area contributed by atoms with Gasteiger partial charge in [0.15, 0.2) is 0 Å². The lowest BCUT2D eigenvalue weighted by Crippen LogP contribution is -2.26. The van der Waals surface area contributed by atoms with Crippen molar-refractivity contribution >= 4 is 19.3 Å². The van der Waals surface area contributed by atoms with Gasteiger partial charge < -0.3 is 9.68 Å². The molecule has 0 amide bonds. The predicted octanol–water partition coefficient (Wildman–Crippen LogP) is 5.59. The van der Waals surface area contributed by atoms with Gasteiger partial charge in [0, 0.05) is 5.02 Å².